The Labute approximate surface area is 156 Å². The van der Waals surface area contributed by atoms with Gasteiger partial charge in [0, 0.05) is 11.3 Å². The molecule has 2 heterocycles. The molecule has 6 nitrogen and oxygen atoms in total. The number of carbonyl (C=O) groups is 2. The average Bonchev–Trinajstić information content (AvgIpc) is 2.86. The second-order valence-electron chi connectivity index (χ2n) is 6.59. The first kappa shape index (κ1) is 16.5. The van der Waals surface area contributed by atoms with Gasteiger partial charge in [0.05, 0.1) is 13.2 Å². The van der Waals surface area contributed by atoms with Crippen LogP contribution in [0.1, 0.15) is 28.4 Å². The Bertz CT molecular complexity index is 929. The summed E-state index contributed by atoms with van der Waals surface area (Å²) in [6.07, 6.45) is 0. The van der Waals surface area contributed by atoms with E-state index in [9.17, 15) is 9.59 Å². The maximum atomic E-state index is 13.2. The van der Waals surface area contributed by atoms with Gasteiger partial charge in [-0.15, -0.1) is 0 Å². The van der Waals surface area contributed by atoms with Crippen molar-refractivity contribution in [3.05, 3.63) is 65.2 Å². The fraction of sp³-hybridized carbons (Fsp3) is 0.211. The third-order valence-corrected chi connectivity index (χ3v) is 5.11. The van der Waals surface area contributed by atoms with E-state index in [0.29, 0.717) is 17.2 Å². The van der Waals surface area contributed by atoms with Crippen molar-refractivity contribution < 1.29 is 9.59 Å². The van der Waals surface area contributed by atoms with Crippen LogP contribution in [0.5, 0.6) is 0 Å². The Hall–Kier alpha value is -2.93. The molecule has 7 heteroatoms. The van der Waals surface area contributed by atoms with E-state index in [-0.39, 0.29) is 18.5 Å². The number of hydrogen-bond acceptors (Lipinski definition) is 4. The fourth-order valence-corrected chi connectivity index (χ4v) is 3.65. The highest BCUT2D eigenvalue weighted by Gasteiger charge is 2.47. The van der Waals surface area contributed by atoms with Crippen LogP contribution in [0.15, 0.2) is 48.5 Å². The number of carbonyl (C=O) groups excluding carboxylic acids is 2. The predicted molar refractivity (Wildman–Crippen MR) is 102 cm³/mol. The molecule has 132 valence electrons. The second-order valence-corrected chi connectivity index (χ2v) is 6.97. The van der Waals surface area contributed by atoms with E-state index < -0.39 is 5.54 Å². The molecule has 2 aliphatic heterocycles. The van der Waals surface area contributed by atoms with Crippen LogP contribution < -0.4 is 16.0 Å². The Morgan fingerprint density at radius 1 is 1.08 bits per heavy atom. The predicted octanol–water partition coefficient (Wildman–Crippen LogP) is 1.93. The molecule has 2 aliphatic rings. The van der Waals surface area contributed by atoms with Crippen LogP contribution in [0.25, 0.3) is 0 Å². The molecule has 0 spiro atoms. The lowest BCUT2D eigenvalue weighted by atomic mass is 9.91. The standard InChI is InChI=1S/C19H18N4O2S/c1-19-14-6-3-7-15(9-14)20-11-21-16(24)13-5-2-4-12(8-13)10-23(17(19)25)18(26)22-19/h2-9,20H,10-11H2,1H3,(H,21,24)(H,22,26). The van der Waals surface area contributed by atoms with Crippen molar-refractivity contribution in [2.75, 3.05) is 12.0 Å². The molecule has 4 rings (SSSR count). The maximum absolute atomic E-state index is 13.2. The van der Waals surface area contributed by atoms with E-state index in [0.717, 1.165) is 16.8 Å². The zero-order chi connectivity index (χ0) is 18.3. The van der Waals surface area contributed by atoms with Gasteiger partial charge in [0.2, 0.25) is 0 Å². The minimum absolute atomic E-state index is 0.105. The first-order valence-corrected chi connectivity index (χ1v) is 8.74. The number of anilines is 1. The molecule has 1 unspecified atom stereocenters. The van der Waals surface area contributed by atoms with Gasteiger partial charge in [-0.3, -0.25) is 14.5 Å². The number of amides is 2. The highest BCUT2D eigenvalue weighted by atomic mass is 32.1. The highest BCUT2D eigenvalue weighted by molar-refractivity contribution is 7.80. The van der Waals surface area contributed by atoms with Gasteiger partial charge in [-0.2, -0.15) is 0 Å². The average molecular weight is 366 g/mol. The van der Waals surface area contributed by atoms with Gasteiger partial charge < -0.3 is 16.0 Å². The number of fused-ring (bicyclic) bond motifs is 7. The molecular formula is C19H18N4O2S. The largest absolute Gasteiger partial charge is 0.368 e. The van der Waals surface area contributed by atoms with Crippen molar-refractivity contribution in [1.29, 1.82) is 0 Å². The molecule has 0 aliphatic carbocycles. The lowest BCUT2D eigenvalue weighted by Gasteiger charge is -2.24. The van der Waals surface area contributed by atoms with Crippen molar-refractivity contribution in [2.24, 2.45) is 0 Å². The third-order valence-electron chi connectivity index (χ3n) is 4.79. The molecule has 1 saturated heterocycles. The van der Waals surface area contributed by atoms with E-state index in [1.54, 1.807) is 17.0 Å². The number of benzene rings is 2. The number of rotatable bonds is 0. The quantitative estimate of drug-likeness (QED) is 0.622. The molecule has 26 heavy (non-hydrogen) atoms. The molecule has 6 bridgehead atoms. The topological polar surface area (TPSA) is 73.5 Å². The monoisotopic (exact) mass is 366 g/mol. The lowest BCUT2D eigenvalue weighted by molar-refractivity contribution is -0.131. The van der Waals surface area contributed by atoms with Gasteiger partial charge in [0.1, 0.15) is 5.54 Å². The minimum atomic E-state index is -0.917. The summed E-state index contributed by atoms with van der Waals surface area (Å²) in [5, 5.41) is 9.57. The fourth-order valence-electron chi connectivity index (χ4n) is 3.30. The van der Waals surface area contributed by atoms with Gasteiger partial charge >= 0.3 is 0 Å². The number of nitrogens with one attached hydrogen (secondary N) is 3. The van der Waals surface area contributed by atoms with E-state index >= 15 is 0 Å². The van der Waals surface area contributed by atoms with E-state index in [4.69, 9.17) is 12.2 Å². The van der Waals surface area contributed by atoms with Gasteiger partial charge in [-0.05, 0) is 54.5 Å². The maximum Gasteiger partial charge on any atom is 0.259 e. The molecule has 0 saturated carbocycles. The van der Waals surface area contributed by atoms with Crippen LogP contribution in [0.3, 0.4) is 0 Å². The summed E-state index contributed by atoms with van der Waals surface area (Å²) in [4.78, 5) is 27.0. The van der Waals surface area contributed by atoms with Gasteiger partial charge in [0.25, 0.3) is 11.8 Å². The molecule has 0 aromatic heterocycles. The lowest BCUT2D eigenvalue weighted by Crippen LogP contribution is -2.41. The molecule has 3 N–H and O–H groups in total. The second kappa shape index (κ2) is 6.10. The molecule has 1 fully saturated rings. The zero-order valence-electron chi connectivity index (χ0n) is 14.2. The Balaban J connectivity index is 1.80. The Morgan fingerprint density at radius 3 is 2.73 bits per heavy atom. The van der Waals surface area contributed by atoms with Crippen LogP contribution in [-0.2, 0) is 16.9 Å². The van der Waals surface area contributed by atoms with Gasteiger partial charge in [-0.1, -0.05) is 24.3 Å². The number of thiocarbonyl (C=S) groups is 1. The van der Waals surface area contributed by atoms with Crippen molar-refractivity contribution in [3.8, 4) is 0 Å². The normalized spacial score (nSPS) is 22.2. The van der Waals surface area contributed by atoms with Crippen LogP contribution in [0.2, 0.25) is 0 Å². The van der Waals surface area contributed by atoms with E-state index in [1.807, 2.05) is 43.3 Å². The van der Waals surface area contributed by atoms with Gasteiger partial charge in [-0.25, -0.2) is 0 Å². The van der Waals surface area contributed by atoms with Crippen LogP contribution >= 0.6 is 12.2 Å². The molecule has 2 amide bonds. The smallest absolute Gasteiger partial charge is 0.259 e. The van der Waals surface area contributed by atoms with Crippen LogP contribution in [-0.4, -0.2) is 28.5 Å². The first-order chi connectivity index (χ1) is 12.5. The van der Waals surface area contributed by atoms with Crippen molar-refractivity contribution in [3.63, 3.8) is 0 Å². The summed E-state index contributed by atoms with van der Waals surface area (Å²) in [6, 6.07) is 14.8. The summed E-state index contributed by atoms with van der Waals surface area (Å²) in [5.41, 5.74) is 2.10. The van der Waals surface area contributed by atoms with Crippen molar-refractivity contribution in [2.45, 2.75) is 19.0 Å². The molecule has 1 atom stereocenters. The number of nitrogens with zero attached hydrogens (tertiary/aromatic N) is 1. The van der Waals surface area contributed by atoms with Gasteiger partial charge in [0.15, 0.2) is 5.11 Å². The summed E-state index contributed by atoms with van der Waals surface area (Å²) < 4.78 is 0. The van der Waals surface area contributed by atoms with Crippen LogP contribution in [0.4, 0.5) is 5.69 Å². The molecular weight excluding hydrogens is 348 g/mol. The summed E-state index contributed by atoms with van der Waals surface area (Å²) in [6.45, 7) is 2.44. The SMILES string of the molecule is CC12NC(=S)N(Cc3cccc(c3)C(=O)NCNc3cccc1c3)C2=O. The van der Waals surface area contributed by atoms with Crippen molar-refractivity contribution in [1.82, 2.24) is 15.5 Å². The Morgan fingerprint density at radius 2 is 1.88 bits per heavy atom. The number of hydrogen-bond donors (Lipinski definition) is 3. The van der Waals surface area contributed by atoms with Crippen molar-refractivity contribution >= 4 is 34.8 Å². The summed E-state index contributed by atoms with van der Waals surface area (Å²) in [5.74, 6) is -0.280. The first-order valence-electron chi connectivity index (χ1n) is 8.33. The molecule has 2 aromatic carbocycles. The highest BCUT2D eigenvalue weighted by Crippen LogP contribution is 2.31. The summed E-state index contributed by atoms with van der Waals surface area (Å²) >= 11 is 5.42. The minimum Gasteiger partial charge on any atom is -0.368 e. The third kappa shape index (κ3) is 2.70. The Kier molecular flexibility index (Phi) is 3.88. The summed E-state index contributed by atoms with van der Waals surface area (Å²) in [7, 11) is 0. The van der Waals surface area contributed by atoms with E-state index in [2.05, 4.69) is 16.0 Å². The molecule has 0 radical (unpaired) electrons. The van der Waals surface area contributed by atoms with E-state index in [1.165, 1.54) is 0 Å². The molecule has 2 aromatic rings. The van der Waals surface area contributed by atoms with Crippen LogP contribution in [0, 0.1) is 0 Å². The zero-order valence-corrected chi connectivity index (χ0v) is 15.0.